The van der Waals surface area contributed by atoms with E-state index >= 15 is 0 Å². The van der Waals surface area contributed by atoms with Crippen molar-refractivity contribution in [2.45, 2.75) is 26.2 Å². The average Bonchev–Trinajstić information content (AvgIpc) is 2.89. The molecule has 0 aliphatic heterocycles. The Balaban J connectivity index is 1.97. The van der Waals surface area contributed by atoms with Crippen molar-refractivity contribution in [2.24, 2.45) is 5.73 Å². The van der Waals surface area contributed by atoms with Crippen molar-refractivity contribution in [1.29, 1.82) is 0 Å². The summed E-state index contributed by atoms with van der Waals surface area (Å²) in [5, 5.41) is 1.29. The van der Waals surface area contributed by atoms with Gasteiger partial charge in [0, 0.05) is 22.5 Å². The molecule has 0 amide bonds. The molecule has 3 nitrogen and oxygen atoms in total. The Morgan fingerprint density at radius 3 is 2.61 bits per heavy atom. The van der Waals surface area contributed by atoms with Gasteiger partial charge in [-0.2, -0.15) is 0 Å². The summed E-state index contributed by atoms with van der Waals surface area (Å²) in [5.41, 5.74) is 11.1. The third-order valence-electron chi connectivity index (χ3n) is 4.42. The molecule has 3 heteroatoms. The molecule has 3 aromatic rings. The van der Waals surface area contributed by atoms with Crippen molar-refractivity contribution in [3.63, 3.8) is 0 Å². The van der Waals surface area contributed by atoms with E-state index in [9.17, 15) is 0 Å². The van der Waals surface area contributed by atoms with Gasteiger partial charge in [-0.05, 0) is 50.1 Å². The van der Waals surface area contributed by atoms with Gasteiger partial charge in [0.15, 0.2) is 0 Å². The van der Waals surface area contributed by atoms with Crippen LogP contribution in [0.3, 0.4) is 0 Å². The van der Waals surface area contributed by atoms with Gasteiger partial charge in [0.1, 0.15) is 5.75 Å². The first-order valence-electron chi connectivity index (χ1n) is 8.22. The minimum absolute atomic E-state index is 0.246. The molecule has 0 saturated heterocycles. The number of ether oxygens (including phenoxy) is 1. The van der Waals surface area contributed by atoms with E-state index < -0.39 is 0 Å². The summed E-state index contributed by atoms with van der Waals surface area (Å²) in [6, 6.07) is 16.7. The number of H-pyrrole nitrogens is 1. The number of aryl methyl sites for hydroxylation is 1. The molecule has 1 unspecified atom stereocenters. The molecule has 3 rings (SSSR count). The number of fused-ring (bicyclic) bond motifs is 1. The second-order valence-electron chi connectivity index (χ2n) is 5.88. The van der Waals surface area contributed by atoms with Crippen LogP contribution in [0.15, 0.2) is 48.5 Å². The van der Waals surface area contributed by atoms with Crippen LogP contribution >= 0.6 is 0 Å². The number of nitrogens with one attached hydrogen (secondary N) is 1. The Hall–Kier alpha value is -2.26. The maximum absolute atomic E-state index is 6.11. The number of rotatable bonds is 6. The summed E-state index contributed by atoms with van der Waals surface area (Å²) >= 11 is 0. The molecular weight excluding hydrogens is 284 g/mol. The number of nitrogens with two attached hydrogens (primary N) is 1. The van der Waals surface area contributed by atoms with Gasteiger partial charge in [-0.1, -0.05) is 36.4 Å². The first kappa shape index (κ1) is 15.6. The molecule has 1 heterocycles. The number of hydrogen-bond acceptors (Lipinski definition) is 2. The molecule has 23 heavy (non-hydrogen) atoms. The Labute approximate surface area is 137 Å². The van der Waals surface area contributed by atoms with Gasteiger partial charge in [0.25, 0.3) is 0 Å². The first-order valence-corrected chi connectivity index (χ1v) is 8.22. The zero-order valence-corrected chi connectivity index (χ0v) is 13.8. The normalized spacial score (nSPS) is 12.5. The molecule has 3 N–H and O–H groups in total. The molecule has 0 fully saturated rings. The number of para-hydroxylation sites is 2. The summed E-state index contributed by atoms with van der Waals surface area (Å²) in [5.74, 6) is 1.19. The van der Waals surface area contributed by atoms with Crippen LogP contribution in [-0.2, 0) is 6.42 Å². The topological polar surface area (TPSA) is 51.0 Å². The van der Waals surface area contributed by atoms with Gasteiger partial charge in [-0.3, -0.25) is 0 Å². The third-order valence-corrected chi connectivity index (χ3v) is 4.42. The highest BCUT2D eigenvalue weighted by Crippen LogP contribution is 2.32. The Morgan fingerprint density at radius 1 is 1.09 bits per heavy atom. The standard InChI is InChI=1S/C20H24N2O/c1-3-23-20-11-7-5-8-16(20)15(13-21)12-18-14(2)22-19-10-6-4-9-17(18)19/h4-11,15,22H,3,12-13,21H2,1-2H3. The van der Waals surface area contributed by atoms with Crippen LogP contribution in [-0.4, -0.2) is 18.1 Å². The van der Waals surface area contributed by atoms with Crippen LogP contribution in [0, 0.1) is 6.92 Å². The predicted octanol–water partition coefficient (Wildman–Crippen LogP) is 4.16. The molecule has 1 atom stereocenters. The molecule has 0 radical (unpaired) electrons. The van der Waals surface area contributed by atoms with Crippen LogP contribution < -0.4 is 10.5 Å². The highest BCUT2D eigenvalue weighted by Gasteiger charge is 2.18. The molecule has 0 saturated carbocycles. The van der Waals surface area contributed by atoms with E-state index in [0.29, 0.717) is 13.2 Å². The lowest BCUT2D eigenvalue weighted by molar-refractivity contribution is 0.334. The van der Waals surface area contributed by atoms with Crippen molar-refractivity contribution in [3.8, 4) is 5.75 Å². The summed E-state index contributed by atoms with van der Waals surface area (Å²) < 4.78 is 5.79. The quantitative estimate of drug-likeness (QED) is 0.718. The van der Waals surface area contributed by atoms with Gasteiger partial charge < -0.3 is 15.5 Å². The van der Waals surface area contributed by atoms with E-state index in [4.69, 9.17) is 10.5 Å². The molecule has 1 aromatic heterocycles. The summed E-state index contributed by atoms with van der Waals surface area (Å²) in [6.07, 6.45) is 0.913. The monoisotopic (exact) mass is 308 g/mol. The Bertz CT molecular complexity index is 791. The average molecular weight is 308 g/mol. The van der Waals surface area contributed by atoms with Crippen LogP contribution in [0.2, 0.25) is 0 Å². The first-order chi connectivity index (χ1) is 11.2. The maximum atomic E-state index is 6.11. The summed E-state index contributed by atoms with van der Waals surface area (Å²) in [7, 11) is 0. The summed E-state index contributed by atoms with van der Waals surface area (Å²) in [4.78, 5) is 3.48. The molecule has 120 valence electrons. The van der Waals surface area contributed by atoms with E-state index in [1.807, 2.05) is 19.1 Å². The molecule has 0 aliphatic carbocycles. The van der Waals surface area contributed by atoms with Gasteiger partial charge in [-0.25, -0.2) is 0 Å². The Morgan fingerprint density at radius 2 is 1.83 bits per heavy atom. The lowest BCUT2D eigenvalue weighted by Crippen LogP contribution is -2.16. The van der Waals surface area contributed by atoms with E-state index in [1.165, 1.54) is 27.7 Å². The lowest BCUT2D eigenvalue weighted by atomic mass is 9.90. The largest absolute Gasteiger partial charge is 0.494 e. The van der Waals surface area contributed by atoms with E-state index in [0.717, 1.165) is 12.2 Å². The van der Waals surface area contributed by atoms with Crippen molar-refractivity contribution < 1.29 is 4.74 Å². The van der Waals surface area contributed by atoms with Gasteiger partial charge in [0.05, 0.1) is 6.61 Å². The molecule has 0 bridgehead atoms. The van der Waals surface area contributed by atoms with Crippen LogP contribution in [0.5, 0.6) is 5.75 Å². The highest BCUT2D eigenvalue weighted by atomic mass is 16.5. The smallest absolute Gasteiger partial charge is 0.122 e. The van der Waals surface area contributed by atoms with E-state index in [2.05, 4.69) is 48.3 Å². The van der Waals surface area contributed by atoms with Crippen molar-refractivity contribution >= 4 is 10.9 Å². The van der Waals surface area contributed by atoms with Crippen LogP contribution in [0.1, 0.15) is 29.7 Å². The van der Waals surface area contributed by atoms with Crippen molar-refractivity contribution in [1.82, 2.24) is 4.98 Å². The number of aromatic nitrogens is 1. The van der Waals surface area contributed by atoms with Crippen molar-refractivity contribution in [2.75, 3.05) is 13.2 Å². The van der Waals surface area contributed by atoms with E-state index in [1.54, 1.807) is 0 Å². The molecule has 0 spiro atoms. The SMILES string of the molecule is CCOc1ccccc1C(CN)Cc1c(C)[nH]c2ccccc12. The van der Waals surface area contributed by atoms with E-state index in [-0.39, 0.29) is 5.92 Å². The van der Waals surface area contributed by atoms with Gasteiger partial charge >= 0.3 is 0 Å². The maximum Gasteiger partial charge on any atom is 0.122 e. The predicted molar refractivity (Wildman–Crippen MR) is 96.1 cm³/mol. The Kier molecular flexibility index (Phi) is 4.68. The summed E-state index contributed by atoms with van der Waals surface area (Å²) in [6.45, 7) is 5.42. The van der Waals surface area contributed by atoms with Crippen LogP contribution in [0.4, 0.5) is 0 Å². The number of hydrogen-bond donors (Lipinski definition) is 2. The molecular formula is C20H24N2O. The highest BCUT2D eigenvalue weighted by molar-refractivity contribution is 5.84. The fraction of sp³-hybridized carbons (Fsp3) is 0.300. The number of benzene rings is 2. The second-order valence-corrected chi connectivity index (χ2v) is 5.88. The second kappa shape index (κ2) is 6.88. The third kappa shape index (κ3) is 3.10. The zero-order chi connectivity index (χ0) is 16.2. The number of aromatic amines is 1. The molecule has 0 aliphatic rings. The lowest BCUT2D eigenvalue weighted by Gasteiger charge is -2.19. The zero-order valence-electron chi connectivity index (χ0n) is 13.8. The minimum atomic E-state index is 0.246. The fourth-order valence-corrected chi connectivity index (χ4v) is 3.27. The van der Waals surface area contributed by atoms with Gasteiger partial charge in [0.2, 0.25) is 0 Å². The molecule has 2 aromatic carbocycles. The van der Waals surface area contributed by atoms with Crippen molar-refractivity contribution in [3.05, 3.63) is 65.4 Å². The van der Waals surface area contributed by atoms with Crippen LogP contribution in [0.25, 0.3) is 10.9 Å². The fourth-order valence-electron chi connectivity index (χ4n) is 3.27. The van der Waals surface area contributed by atoms with Gasteiger partial charge in [-0.15, -0.1) is 0 Å². The minimum Gasteiger partial charge on any atom is -0.494 e.